The number of imidazole rings is 1. The van der Waals surface area contributed by atoms with Crippen LogP contribution in [-0.4, -0.2) is 46.7 Å². The molecule has 0 radical (unpaired) electrons. The molecule has 1 fully saturated rings. The molecule has 136 valence electrons. The lowest BCUT2D eigenvalue weighted by Gasteiger charge is -2.32. The Kier molecular flexibility index (Phi) is 4.50. The van der Waals surface area contributed by atoms with E-state index in [4.69, 9.17) is 9.72 Å². The first-order valence-electron chi connectivity index (χ1n) is 8.61. The van der Waals surface area contributed by atoms with E-state index in [9.17, 15) is 4.79 Å². The Morgan fingerprint density at radius 3 is 3.08 bits per heavy atom. The third kappa shape index (κ3) is 3.37. The van der Waals surface area contributed by atoms with Crippen LogP contribution >= 0.6 is 11.3 Å². The second-order valence-corrected chi connectivity index (χ2v) is 7.52. The fourth-order valence-electron chi connectivity index (χ4n) is 3.21. The normalized spacial score (nSPS) is 17.5. The number of ether oxygens (including phenoxy) is 1. The standard InChI is InChI=1S/C18H21N5O2S/c1-22-10-15(19-11-22)17(24)20-12-4-3-7-23(9-12)18-21-14-6-5-13(25-2)8-16(14)26-18/h5-6,8,10-12H,3-4,7,9H2,1-2H3,(H,20,24). The van der Waals surface area contributed by atoms with Crippen molar-refractivity contribution in [1.29, 1.82) is 0 Å². The van der Waals surface area contributed by atoms with Gasteiger partial charge in [-0.3, -0.25) is 4.79 Å². The minimum atomic E-state index is -0.119. The Bertz CT molecular complexity index is 935. The number of fused-ring (bicyclic) bond motifs is 1. The summed E-state index contributed by atoms with van der Waals surface area (Å²) in [4.78, 5) is 23.5. The summed E-state index contributed by atoms with van der Waals surface area (Å²) in [7, 11) is 3.52. The lowest BCUT2D eigenvalue weighted by Crippen LogP contribution is -2.47. The van der Waals surface area contributed by atoms with Gasteiger partial charge in [-0.15, -0.1) is 0 Å². The van der Waals surface area contributed by atoms with Crippen LogP contribution in [0.15, 0.2) is 30.7 Å². The first kappa shape index (κ1) is 16.8. The number of nitrogens with zero attached hydrogens (tertiary/aromatic N) is 4. The van der Waals surface area contributed by atoms with Gasteiger partial charge in [-0.25, -0.2) is 9.97 Å². The van der Waals surface area contributed by atoms with Crippen LogP contribution in [0.3, 0.4) is 0 Å². The molecule has 3 aromatic rings. The molecule has 2 aromatic heterocycles. The van der Waals surface area contributed by atoms with Gasteiger partial charge in [0, 0.05) is 32.4 Å². The summed E-state index contributed by atoms with van der Waals surface area (Å²) in [5, 5.41) is 4.09. The topological polar surface area (TPSA) is 72.3 Å². The molecule has 1 aliphatic heterocycles. The number of carbonyl (C=O) groups excluding carboxylic acids is 1. The summed E-state index contributed by atoms with van der Waals surface area (Å²) < 4.78 is 8.18. The highest BCUT2D eigenvalue weighted by molar-refractivity contribution is 7.22. The molecule has 1 amide bonds. The van der Waals surface area contributed by atoms with Crippen LogP contribution in [0.25, 0.3) is 10.2 Å². The minimum absolute atomic E-state index is 0.0970. The van der Waals surface area contributed by atoms with Gasteiger partial charge in [0.05, 0.1) is 23.7 Å². The Balaban J connectivity index is 1.47. The number of benzene rings is 1. The molecule has 1 unspecified atom stereocenters. The van der Waals surface area contributed by atoms with E-state index < -0.39 is 0 Å². The van der Waals surface area contributed by atoms with Gasteiger partial charge in [-0.05, 0) is 31.0 Å². The third-order valence-corrected chi connectivity index (χ3v) is 5.63. The highest BCUT2D eigenvalue weighted by atomic mass is 32.1. The van der Waals surface area contributed by atoms with Gasteiger partial charge in [-0.2, -0.15) is 0 Å². The molecule has 0 bridgehead atoms. The Morgan fingerprint density at radius 1 is 1.42 bits per heavy atom. The van der Waals surface area contributed by atoms with Crippen molar-refractivity contribution in [3.05, 3.63) is 36.4 Å². The lowest BCUT2D eigenvalue weighted by molar-refractivity contribution is 0.0928. The molecule has 3 heterocycles. The van der Waals surface area contributed by atoms with Crippen molar-refractivity contribution in [2.75, 3.05) is 25.1 Å². The zero-order chi connectivity index (χ0) is 18.1. The van der Waals surface area contributed by atoms with Crippen LogP contribution in [-0.2, 0) is 7.05 Å². The molecular formula is C18H21N5O2S. The van der Waals surface area contributed by atoms with Crippen molar-refractivity contribution >= 4 is 32.6 Å². The maximum Gasteiger partial charge on any atom is 0.271 e. The number of thiazole rings is 1. The Morgan fingerprint density at radius 2 is 2.31 bits per heavy atom. The monoisotopic (exact) mass is 371 g/mol. The molecular weight excluding hydrogens is 350 g/mol. The van der Waals surface area contributed by atoms with E-state index in [-0.39, 0.29) is 11.9 Å². The number of anilines is 1. The van der Waals surface area contributed by atoms with Crippen LogP contribution in [0.5, 0.6) is 5.75 Å². The molecule has 1 N–H and O–H groups in total. The summed E-state index contributed by atoms with van der Waals surface area (Å²) in [5.41, 5.74) is 1.43. The smallest absolute Gasteiger partial charge is 0.271 e. The number of hydrogen-bond donors (Lipinski definition) is 1. The van der Waals surface area contributed by atoms with Crippen molar-refractivity contribution < 1.29 is 9.53 Å². The zero-order valence-electron chi connectivity index (χ0n) is 14.8. The molecule has 0 saturated carbocycles. The zero-order valence-corrected chi connectivity index (χ0v) is 15.6. The number of hydrogen-bond acceptors (Lipinski definition) is 6. The molecule has 4 rings (SSSR count). The molecule has 26 heavy (non-hydrogen) atoms. The van der Waals surface area contributed by atoms with Crippen molar-refractivity contribution in [1.82, 2.24) is 19.9 Å². The fraction of sp³-hybridized carbons (Fsp3) is 0.389. The van der Waals surface area contributed by atoms with E-state index >= 15 is 0 Å². The van der Waals surface area contributed by atoms with Crippen LogP contribution < -0.4 is 15.0 Å². The number of aromatic nitrogens is 3. The summed E-state index contributed by atoms with van der Waals surface area (Å²) in [5.74, 6) is 0.721. The predicted molar refractivity (Wildman–Crippen MR) is 102 cm³/mol. The van der Waals surface area contributed by atoms with E-state index in [0.29, 0.717) is 5.69 Å². The second kappa shape index (κ2) is 6.95. The number of piperidine rings is 1. The molecule has 7 nitrogen and oxygen atoms in total. The van der Waals surface area contributed by atoms with Gasteiger partial charge in [-0.1, -0.05) is 11.3 Å². The maximum absolute atomic E-state index is 12.3. The highest BCUT2D eigenvalue weighted by Gasteiger charge is 2.24. The molecule has 1 saturated heterocycles. The second-order valence-electron chi connectivity index (χ2n) is 6.51. The Hall–Kier alpha value is -2.61. The van der Waals surface area contributed by atoms with Crippen LogP contribution in [0.1, 0.15) is 23.3 Å². The van der Waals surface area contributed by atoms with Gasteiger partial charge >= 0.3 is 0 Å². The van der Waals surface area contributed by atoms with E-state index in [0.717, 1.165) is 47.0 Å². The number of amides is 1. The van der Waals surface area contributed by atoms with E-state index in [2.05, 4.69) is 15.2 Å². The predicted octanol–water partition coefficient (Wildman–Crippen LogP) is 2.44. The lowest BCUT2D eigenvalue weighted by atomic mass is 10.1. The van der Waals surface area contributed by atoms with Crippen LogP contribution in [0.2, 0.25) is 0 Å². The summed E-state index contributed by atoms with van der Waals surface area (Å²) in [6, 6.07) is 6.02. The SMILES string of the molecule is COc1ccc2nc(N3CCCC(NC(=O)c4cn(C)cn4)C3)sc2c1. The molecule has 1 aliphatic rings. The largest absolute Gasteiger partial charge is 0.497 e. The number of nitrogens with one attached hydrogen (secondary N) is 1. The molecule has 1 aromatic carbocycles. The average Bonchev–Trinajstić information content (AvgIpc) is 3.27. The van der Waals surface area contributed by atoms with E-state index in [1.165, 1.54) is 0 Å². The molecule has 0 aliphatic carbocycles. The van der Waals surface area contributed by atoms with Gasteiger partial charge in [0.2, 0.25) is 0 Å². The number of rotatable bonds is 4. The van der Waals surface area contributed by atoms with Gasteiger partial charge in [0.15, 0.2) is 5.13 Å². The number of methoxy groups -OCH3 is 1. The first-order chi connectivity index (χ1) is 12.6. The fourth-order valence-corrected chi connectivity index (χ4v) is 4.24. The quantitative estimate of drug-likeness (QED) is 0.763. The van der Waals surface area contributed by atoms with Crippen molar-refractivity contribution in [3.63, 3.8) is 0 Å². The number of aryl methyl sites for hydroxylation is 1. The summed E-state index contributed by atoms with van der Waals surface area (Å²) in [6.07, 6.45) is 5.36. The van der Waals surface area contributed by atoms with Crippen LogP contribution in [0.4, 0.5) is 5.13 Å². The Labute approximate surface area is 155 Å². The van der Waals surface area contributed by atoms with Crippen molar-refractivity contribution in [3.8, 4) is 5.75 Å². The summed E-state index contributed by atoms with van der Waals surface area (Å²) >= 11 is 1.66. The van der Waals surface area contributed by atoms with Crippen LogP contribution in [0, 0.1) is 0 Å². The minimum Gasteiger partial charge on any atom is -0.497 e. The highest BCUT2D eigenvalue weighted by Crippen LogP contribution is 2.32. The number of carbonyl (C=O) groups is 1. The van der Waals surface area contributed by atoms with E-state index in [1.54, 1.807) is 35.5 Å². The van der Waals surface area contributed by atoms with Crippen molar-refractivity contribution in [2.24, 2.45) is 7.05 Å². The molecule has 8 heteroatoms. The maximum atomic E-state index is 12.3. The molecule has 0 spiro atoms. The summed E-state index contributed by atoms with van der Waals surface area (Å²) in [6.45, 7) is 1.71. The van der Waals surface area contributed by atoms with Crippen molar-refractivity contribution in [2.45, 2.75) is 18.9 Å². The van der Waals surface area contributed by atoms with Gasteiger partial charge in [0.25, 0.3) is 5.91 Å². The first-order valence-corrected chi connectivity index (χ1v) is 9.42. The van der Waals surface area contributed by atoms with Gasteiger partial charge < -0.3 is 19.5 Å². The third-order valence-electron chi connectivity index (χ3n) is 4.55. The average molecular weight is 371 g/mol. The van der Waals surface area contributed by atoms with Gasteiger partial charge in [0.1, 0.15) is 11.4 Å². The molecule has 1 atom stereocenters. The van der Waals surface area contributed by atoms with E-state index in [1.807, 2.05) is 25.2 Å².